The number of carbonyl (C=O) groups is 1. The van der Waals surface area contributed by atoms with Gasteiger partial charge in [-0.05, 0) is 13.8 Å². The normalized spacial score (nSPS) is 16.6. The van der Waals surface area contributed by atoms with E-state index in [2.05, 4.69) is 10.4 Å². The maximum absolute atomic E-state index is 11.6. The van der Waals surface area contributed by atoms with Crippen LogP contribution in [0.2, 0.25) is 0 Å². The van der Waals surface area contributed by atoms with Crippen molar-refractivity contribution in [2.24, 2.45) is 0 Å². The molecule has 0 radical (unpaired) electrons. The zero-order valence-corrected chi connectivity index (χ0v) is 11.4. The molecule has 100 valence electrons. The van der Waals surface area contributed by atoms with Gasteiger partial charge in [-0.15, -0.1) is 11.3 Å². The number of anilines is 1. The van der Waals surface area contributed by atoms with Crippen molar-refractivity contribution >= 4 is 22.4 Å². The molecule has 1 fully saturated rings. The Hall–Kier alpha value is -1.18. The monoisotopic (exact) mass is 271 g/mol. The lowest BCUT2D eigenvalue weighted by Gasteiger charge is -2.26. The number of carbonyl (C=O) groups excluding carboxylic acids is 1. The van der Waals surface area contributed by atoms with E-state index in [0.29, 0.717) is 25.5 Å². The molecule has 0 spiro atoms. The molecule has 6 nitrogen and oxygen atoms in total. The molecule has 1 aromatic rings. The van der Waals surface area contributed by atoms with Gasteiger partial charge in [0.1, 0.15) is 0 Å². The highest BCUT2D eigenvalue weighted by Gasteiger charge is 2.18. The summed E-state index contributed by atoms with van der Waals surface area (Å²) in [5.74, 6) is -0.360. The van der Waals surface area contributed by atoms with Gasteiger partial charge in [0.15, 0.2) is 10.8 Å². The number of thiazole rings is 1. The minimum atomic E-state index is -0.360. The topological polar surface area (TPSA) is 63.7 Å². The third-order valence-electron chi connectivity index (χ3n) is 2.53. The molecule has 0 bridgehead atoms. The molecule has 1 aliphatic rings. The lowest BCUT2D eigenvalue weighted by atomic mass is 10.4. The number of ether oxygens (including phenoxy) is 2. The molecule has 2 rings (SSSR count). The van der Waals surface area contributed by atoms with Gasteiger partial charge in [0, 0.05) is 18.0 Å². The Kier molecular flexibility index (Phi) is 4.51. The van der Waals surface area contributed by atoms with Crippen LogP contribution in [0, 0.1) is 6.92 Å². The number of esters is 1. The van der Waals surface area contributed by atoms with Crippen molar-refractivity contribution in [3.05, 3.63) is 10.6 Å². The molecule has 0 saturated carbocycles. The largest absolute Gasteiger partial charge is 0.461 e. The van der Waals surface area contributed by atoms with E-state index in [4.69, 9.17) is 9.47 Å². The third-order valence-corrected chi connectivity index (χ3v) is 3.41. The van der Waals surface area contributed by atoms with Crippen LogP contribution < -0.4 is 5.43 Å². The van der Waals surface area contributed by atoms with Crippen LogP contribution in [-0.2, 0) is 9.47 Å². The summed E-state index contributed by atoms with van der Waals surface area (Å²) < 4.78 is 10.2. The molecule has 0 aliphatic carbocycles. The highest BCUT2D eigenvalue weighted by Crippen LogP contribution is 2.23. The van der Waals surface area contributed by atoms with Gasteiger partial charge in [-0.2, -0.15) is 0 Å². The Labute approximate surface area is 110 Å². The number of aromatic nitrogens is 1. The fourth-order valence-corrected chi connectivity index (χ4v) is 2.47. The standard InChI is InChI=1S/C11H17N3O3S/c1-3-17-10(15)9-8(2)18-11(12-9)13-14-4-6-16-7-5-14/h3-7H2,1-2H3,(H,12,13). The predicted molar refractivity (Wildman–Crippen MR) is 68.8 cm³/mol. The summed E-state index contributed by atoms with van der Waals surface area (Å²) >= 11 is 1.46. The molecule has 2 heterocycles. The van der Waals surface area contributed by atoms with Gasteiger partial charge in [-0.1, -0.05) is 0 Å². The summed E-state index contributed by atoms with van der Waals surface area (Å²) in [6.45, 7) is 7.06. The molecular formula is C11H17N3O3S. The summed E-state index contributed by atoms with van der Waals surface area (Å²) in [5.41, 5.74) is 3.59. The first kappa shape index (κ1) is 13.3. The van der Waals surface area contributed by atoms with Crippen LogP contribution in [0.4, 0.5) is 5.13 Å². The van der Waals surface area contributed by atoms with Crippen molar-refractivity contribution in [2.75, 3.05) is 38.3 Å². The third kappa shape index (κ3) is 3.18. The second-order valence-corrected chi connectivity index (χ2v) is 5.06. The number of nitrogens with zero attached hydrogens (tertiary/aromatic N) is 2. The Balaban J connectivity index is 2.01. The second-order valence-electron chi connectivity index (χ2n) is 3.86. The quantitative estimate of drug-likeness (QED) is 0.833. The molecule has 0 amide bonds. The fourth-order valence-electron chi connectivity index (χ4n) is 1.64. The Bertz CT molecular complexity index is 416. The molecule has 1 aliphatic heterocycles. The SMILES string of the molecule is CCOC(=O)c1nc(NN2CCOCC2)sc1C. The van der Waals surface area contributed by atoms with E-state index < -0.39 is 0 Å². The first-order valence-corrected chi connectivity index (χ1v) is 6.76. The summed E-state index contributed by atoms with van der Waals surface area (Å²) in [5, 5.41) is 2.76. The van der Waals surface area contributed by atoms with Gasteiger partial charge in [-0.3, -0.25) is 5.43 Å². The Morgan fingerprint density at radius 3 is 2.94 bits per heavy atom. The molecule has 18 heavy (non-hydrogen) atoms. The smallest absolute Gasteiger partial charge is 0.358 e. The van der Waals surface area contributed by atoms with Crippen molar-refractivity contribution in [3.63, 3.8) is 0 Å². The maximum atomic E-state index is 11.6. The second kappa shape index (κ2) is 6.12. The number of aryl methyl sites for hydroxylation is 1. The number of hydrazine groups is 1. The van der Waals surface area contributed by atoms with E-state index in [9.17, 15) is 4.79 Å². The van der Waals surface area contributed by atoms with Gasteiger partial charge in [0.05, 0.1) is 19.8 Å². The lowest BCUT2D eigenvalue weighted by molar-refractivity contribution is 0.0492. The van der Waals surface area contributed by atoms with Crippen molar-refractivity contribution in [1.82, 2.24) is 9.99 Å². The van der Waals surface area contributed by atoms with Crippen molar-refractivity contribution in [2.45, 2.75) is 13.8 Å². The van der Waals surface area contributed by atoms with Crippen molar-refractivity contribution in [1.29, 1.82) is 0 Å². The average Bonchev–Trinajstić information content (AvgIpc) is 2.72. The predicted octanol–water partition coefficient (Wildman–Crippen LogP) is 1.29. The fraction of sp³-hybridized carbons (Fsp3) is 0.636. The van der Waals surface area contributed by atoms with Gasteiger partial charge in [-0.25, -0.2) is 14.8 Å². The minimum absolute atomic E-state index is 0.360. The summed E-state index contributed by atoms with van der Waals surface area (Å²) in [6, 6.07) is 0. The number of rotatable bonds is 4. The molecular weight excluding hydrogens is 254 g/mol. The van der Waals surface area contributed by atoms with Crippen LogP contribution in [0.25, 0.3) is 0 Å². The molecule has 1 saturated heterocycles. The highest BCUT2D eigenvalue weighted by atomic mass is 32.1. The van der Waals surface area contributed by atoms with Crippen LogP contribution in [-0.4, -0.2) is 48.9 Å². The first-order valence-electron chi connectivity index (χ1n) is 5.94. The van der Waals surface area contributed by atoms with E-state index in [-0.39, 0.29) is 5.97 Å². The van der Waals surface area contributed by atoms with E-state index in [1.807, 2.05) is 11.9 Å². The number of nitrogens with one attached hydrogen (secondary N) is 1. The first-order chi connectivity index (χ1) is 8.70. The van der Waals surface area contributed by atoms with Gasteiger partial charge < -0.3 is 9.47 Å². The molecule has 0 aromatic carbocycles. The Morgan fingerprint density at radius 1 is 1.56 bits per heavy atom. The van der Waals surface area contributed by atoms with Gasteiger partial charge in [0.25, 0.3) is 0 Å². The van der Waals surface area contributed by atoms with Crippen LogP contribution in [0.5, 0.6) is 0 Å². The average molecular weight is 271 g/mol. The van der Waals surface area contributed by atoms with Crippen molar-refractivity contribution in [3.8, 4) is 0 Å². The zero-order chi connectivity index (χ0) is 13.0. The van der Waals surface area contributed by atoms with Crippen LogP contribution in [0.1, 0.15) is 22.3 Å². The molecule has 0 unspecified atom stereocenters. The molecule has 1 N–H and O–H groups in total. The van der Waals surface area contributed by atoms with Crippen LogP contribution in [0.3, 0.4) is 0 Å². The van der Waals surface area contributed by atoms with Gasteiger partial charge >= 0.3 is 5.97 Å². The van der Waals surface area contributed by atoms with Gasteiger partial charge in [0.2, 0.25) is 0 Å². The Morgan fingerprint density at radius 2 is 2.28 bits per heavy atom. The lowest BCUT2D eigenvalue weighted by Crippen LogP contribution is -2.40. The van der Waals surface area contributed by atoms with Crippen LogP contribution in [0.15, 0.2) is 0 Å². The minimum Gasteiger partial charge on any atom is -0.461 e. The zero-order valence-electron chi connectivity index (χ0n) is 10.6. The summed E-state index contributed by atoms with van der Waals surface area (Å²) in [6.07, 6.45) is 0. The van der Waals surface area contributed by atoms with Crippen molar-refractivity contribution < 1.29 is 14.3 Å². The molecule has 1 aromatic heterocycles. The summed E-state index contributed by atoms with van der Waals surface area (Å²) in [7, 11) is 0. The van der Waals surface area contributed by atoms with Crippen LogP contribution >= 0.6 is 11.3 Å². The maximum Gasteiger partial charge on any atom is 0.358 e. The number of hydrogen-bond donors (Lipinski definition) is 1. The van der Waals surface area contributed by atoms with E-state index >= 15 is 0 Å². The number of hydrogen-bond acceptors (Lipinski definition) is 7. The highest BCUT2D eigenvalue weighted by molar-refractivity contribution is 7.15. The van der Waals surface area contributed by atoms with E-state index in [1.165, 1.54) is 11.3 Å². The molecule has 0 atom stereocenters. The summed E-state index contributed by atoms with van der Waals surface area (Å²) in [4.78, 5) is 16.8. The van der Waals surface area contributed by atoms with E-state index in [0.717, 1.165) is 23.1 Å². The number of morpholine rings is 1. The molecule has 7 heteroatoms. The van der Waals surface area contributed by atoms with E-state index in [1.54, 1.807) is 6.92 Å².